The summed E-state index contributed by atoms with van der Waals surface area (Å²) in [6.07, 6.45) is 0.398. The summed E-state index contributed by atoms with van der Waals surface area (Å²) in [5.74, 6) is 0. The molecule has 2 unspecified atom stereocenters. The molecule has 0 aliphatic carbocycles. The van der Waals surface area contributed by atoms with E-state index in [1.165, 1.54) is 0 Å². The van der Waals surface area contributed by atoms with Crippen LogP contribution in [0.1, 0.15) is 0 Å². The van der Waals surface area contributed by atoms with Crippen LogP contribution in [-0.2, 0) is 19.5 Å². The molecule has 0 fully saturated rings. The van der Waals surface area contributed by atoms with Crippen molar-refractivity contribution in [1.29, 1.82) is 0 Å². The van der Waals surface area contributed by atoms with Gasteiger partial charge in [0, 0.05) is 0 Å². The molecule has 7 heavy (non-hydrogen) atoms. The molecule has 0 bridgehead atoms. The van der Waals surface area contributed by atoms with Crippen molar-refractivity contribution in [1.82, 2.24) is 0 Å². The average molecular weight is 142 g/mol. The van der Waals surface area contributed by atoms with Gasteiger partial charge >= 0.3 is 0 Å². The Labute approximate surface area is 43.6 Å². The highest BCUT2D eigenvalue weighted by molar-refractivity contribution is 8.17. The molecule has 5 heteroatoms. The molecule has 0 radical (unpaired) electrons. The Hall–Kier alpha value is 0.340. The fourth-order valence-corrected chi connectivity index (χ4v) is 2.39. The van der Waals surface area contributed by atoms with Crippen molar-refractivity contribution >= 4 is 17.3 Å². The van der Waals surface area contributed by atoms with E-state index in [4.69, 9.17) is 0 Å². The molecule has 2 atom stereocenters. The van der Waals surface area contributed by atoms with Gasteiger partial charge in [-0.25, -0.2) is 0 Å². The lowest BCUT2D eigenvalue weighted by Crippen LogP contribution is -1.82. The molecule has 2 nitrogen and oxygen atoms in total. The lowest BCUT2D eigenvalue weighted by Gasteiger charge is -1.79. The maximum absolute atomic E-state index is 11.8. The molecule has 1 aliphatic heterocycles. The summed E-state index contributed by atoms with van der Waals surface area (Å²) in [7, 11) is -1.71. The quantitative estimate of drug-likeness (QED) is 0.474. The highest BCUT2D eigenvalue weighted by atomic mass is 32.5. The highest BCUT2D eigenvalue weighted by Crippen LogP contribution is 2.22. The molecule has 0 saturated carbocycles. The molecule has 1 aliphatic rings. The largest absolute Gasteiger partial charge is 0.289 e. The first-order valence-electron chi connectivity index (χ1n) is 1.79. The van der Waals surface area contributed by atoms with Crippen molar-refractivity contribution in [2.24, 2.45) is 0 Å². The Bertz CT molecular complexity index is 150. The number of rotatable bonds is 0. The standard InChI is InChI=1S/C2H4FO2PS/c3-7-5-1-2-6(7)4/h1-2H2. The number of hydrogen-bond acceptors (Lipinski definition) is 2. The van der Waals surface area contributed by atoms with Crippen molar-refractivity contribution in [2.75, 3.05) is 12.8 Å². The molecule has 0 amide bonds. The first kappa shape index (κ1) is 5.48. The molecule has 0 spiro atoms. The van der Waals surface area contributed by atoms with Crippen molar-refractivity contribution in [3.05, 3.63) is 0 Å². The average Bonchev–Trinajstić information content (AvgIpc) is 1.91. The van der Waals surface area contributed by atoms with Crippen LogP contribution in [0, 0.1) is 0 Å². The van der Waals surface area contributed by atoms with Crippen LogP contribution in [0.3, 0.4) is 0 Å². The summed E-state index contributed by atoms with van der Waals surface area (Å²) < 4.78 is 26.4. The molecule has 0 aromatic heterocycles. The van der Waals surface area contributed by atoms with E-state index < -0.39 is 17.3 Å². The number of halogens is 1. The first-order chi connectivity index (χ1) is 3.30. The zero-order valence-corrected chi connectivity index (χ0v) is 5.18. The van der Waals surface area contributed by atoms with Crippen LogP contribution in [0.25, 0.3) is 0 Å². The Morgan fingerprint density at radius 2 is 2.57 bits per heavy atom. The normalized spacial score (nSPS) is 36.7. The van der Waals surface area contributed by atoms with Crippen molar-refractivity contribution in [3.63, 3.8) is 0 Å². The molecular weight excluding hydrogens is 138 g/mol. The molecule has 0 saturated heterocycles. The topological polar surface area (TPSA) is 26.3 Å². The molecule has 1 heterocycles. The molecule has 0 aromatic rings. The Kier molecular flexibility index (Phi) is 1.62. The van der Waals surface area contributed by atoms with Crippen molar-refractivity contribution in [2.45, 2.75) is 0 Å². The summed E-state index contributed by atoms with van der Waals surface area (Å²) in [5.41, 5.74) is 0. The van der Waals surface area contributed by atoms with Gasteiger partial charge in [0.15, 0.2) is 17.3 Å². The van der Waals surface area contributed by atoms with Gasteiger partial charge in [0.05, 0.1) is 12.8 Å². The molecule has 0 aromatic carbocycles. The van der Waals surface area contributed by atoms with Crippen LogP contribution < -0.4 is 0 Å². The second-order valence-electron chi connectivity index (χ2n) is 1.08. The maximum Gasteiger partial charge on any atom is 0.183 e. The SMILES string of the molecule is O=P1=S(F)OCC1. The molecular formula is C2H4FO2PS. The van der Waals surface area contributed by atoms with Crippen LogP contribution in [0.15, 0.2) is 0 Å². The monoisotopic (exact) mass is 142 g/mol. The lowest BCUT2D eigenvalue weighted by atomic mass is 10.9. The second-order valence-corrected chi connectivity index (χ2v) is 4.93. The fourth-order valence-electron chi connectivity index (χ4n) is 0.311. The minimum absolute atomic E-state index is 0.328. The van der Waals surface area contributed by atoms with E-state index in [9.17, 15) is 8.45 Å². The highest BCUT2D eigenvalue weighted by Gasteiger charge is 2.08. The van der Waals surface area contributed by atoms with Gasteiger partial charge in [-0.05, 0) is 0 Å². The molecule has 1 rings (SSSR count). The van der Waals surface area contributed by atoms with Gasteiger partial charge in [0.1, 0.15) is 0 Å². The van der Waals surface area contributed by atoms with Gasteiger partial charge in [-0.3, -0.25) is 8.75 Å². The van der Waals surface area contributed by atoms with E-state index in [1.54, 1.807) is 0 Å². The summed E-state index contributed by atoms with van der Waals surface area (Å²) in [4.78, 5) is 0. The van der Waals surface area contributed by atoms with Gasteiger partial charge in [-0.15, -0.1) is 3.89 Å². The molecule has 42 valence electrons. The second kappa shape index (κ2) is 2.07. The Balaban J connectivity index is 2.84. The van der Waals surface area contributed by atoms with E-state index in [0.717, 1.165) is 0 Å². The van der Waals surface area contributed by atoms with Gasteiger partial charge in [0.25, 0.3) is 0 Å². The van der Waals surface area contributed by atoms with E-state index in [-0.39, 0.29) is 0 Å². The first-order valence-corrected chi connectivity index (χ1v) is 4.89. The van der Waals surface area contributed by atoms with E-state index in [0.29, 0.717) is 12.8 Å². The number of hydrogen-bond donors (Lipinski definition) is 0. The van der Waals surface area contributed by atoms with Gasteiger partial charge in [-0.2, -0.15) is 0 Å². The lowest BCUT2D eigenvalue weighted by molar-refractivity contribution is 0.390. The van der Waals surface area contributed by atoms with Gasteiger partial charge in [-0.1, -0.05) is 0 Å². The van der Waals surface area contributed by atoms with E-state index in [1.807, 2.05) is 0 Å². The summed E-state index contributed by atoms with van der Waals surface area (Å²) in [6, 6.07) is 0. The third-order valence-corrected chi connectivity index (χ3v) is 3.67. The minimum Gasteiger partial charge on any atom is -0.289 e. The van der Waals surface area contributed by atoms with Crippen molar-refractivity contribution in [3.8, 4) is 0 Å². The summed E-state index contributed by atoms with van der Waals surface area (Å²) >= 11 is 0. The summed E-state index contributed by atoms with van der Waals surface area (Å²) in [6.45, 7) is -1.31. The predicted octanol–water partition coefficient (Wildman–Crippen LogP) is 1.18. The van der Waals surface area contributed by atoms with Crippen LogP contribution in [0.4, 0.5) is 3.89 Å². The summed E-state index contributed by atoms with van der Waals surface area (Å²) in [5, 5.41) is 0. The van der Waals surface area contributed by atoms with Crippen molar-refractivity contribution < 1.29 is 12.6 Å². The van der Waals surface area contributed by atoms with E-state index in [2.05, 4.69) is 4.18 Å². The van der Waals surface area contributed by atoms with Crippen LogP contribution >= 0.6 is 6.58 Å². The molecule has 0 N–H and O–H groups in total. The predicted molar refractivity (Wildman–Crippen MR) is 26.9 cm³/mol. The maximum atomic E-state index is 11.8. The fraction of sp³-hybridized carbons (Fsp3) is 1.00. The van der Waals surface area contributed by atoms with E-state index >= 15 is 0 Å². The van der Waals surface area contributed by atoms with Gasteiger partial charge in [0.2, 0.25) is 0 Å². The zero-order valence-electron chi connectivity index (χ0n) is 3.46. The Morgan fingerprint density at radius 3 is 2.71 bits per heavy atom. The van der Waals surface area contributed by atoms with Gasteiger partial charge < -0.3 is 0 Å². The Morgan fingerprint density at radius 1 is 1.86 bits per heavy atom. The zero-order chi connectivity index (χ0) is 5.28. The van der Waals surface area contributed by atoms with Crippen LogP contribution in [0.2, 0.25) is 0 Å². The van der Waals surface area contributed by atoms with Crippen LogP contribution in [0.5, 0.6) is 0 Å². The minimum atomic E-state index is -1.71. The third kappa shape index (κ3) is 1.12. The third-order valence-electron chi connectivity index (χ3n) is 0.615. The van der Waals surface area contributed by atoms with Crippen LogP contribution in [-0.4, -0.2) is 12.8 Å². The smallest absolute Gasteiger partial charge is 0.183 e.